The van der Waals surface area contributed by atoms with Crippen LogP contribution in [0.25, 0.3) is 0 Å². The van der Waals surface area contributed by atoms with Crippen molar-refractivity contribution in [2.45, 2.75) is 38.9 Å². The van der Waals surface area contributed by atoms with Gasteiger partial charge in [-0.1, -0.05) is 6.92 Å². The van der Waals surface area contributed by atoms with Gasteiger partial charge in [-0.2, -0.15) is 5.10 Å². The van der Waals surface area contributed by atoms with Crippen molar-refractivity contribution in [1.82, 2.24) is 9.78 Å². The van der Waals surface area contributed by atoms with Crippen molar-refractivity contribution in [3.05, 3.63) is 15.8 Å². The summed E-state index contributed by atoms with van der Waals surface area (Å²) in [6.45, 7) is 6.46. The van der Waals surface area contributed by atoms with Gasteiger partial charge in [0.1, 0.15) is 5.69 Å². The molecule has 1 aromatic rings. The monoisotopic (exact) mass is 298 g/mol. The van der Waals surface area contributed by atoms with E-state index in [0.29, 0.717) is 31.0 Å². The summed E-state index contributed by atoms with van der Waals surface area (Å²) >= 11 is 0. The van der Waals surface area contributed by atoms with E-state index >= 15 is 0 Å². The van der Waals surface area contributed by atoms with E-state index in [9.17, 15) is 15.2 Å². The van der Waals surface area contributed by atoms with Crippen LogP contribution in [0.4, 0.5) is 11.5 Å². The maximum absolute atomic E-state index is 11.4. The molecule has 1 aliphatic heterocycles. The highest BCUT2D eigenvalue weighted by molar-refractivity contribution is 5.62. The van der Waals surface area contributed by atoms with E-state index < -0.39 is 5.60 Å². The van der Waals surface area contributed by atoms with E-state index in [1.54, 1.807) is 11.7 Å². The molecule has 0 spiro atoms. The molecule has 2 heterocycles. The summed E-state index contributed by atoms with van der Waals surface area (Å²) < 4.78 is 7.31. The van der Waals surface area contributed by atoms with Crippen molar-refractivity contribution in [3.63, 3.8) is 0 Å². The van der Waals surface area contributed by atoms with Crippen molar-refractivity contribution in [3.8, 4) is 0 Å². The Morgan fingerprint density at radius 2 is 2.24 bits per heavy atom. The van der Waals surface area contributed by atoms with E-state index in [2.05, 4.69) is 5.10 Å². The van der Waals surface area contributed by atoms with Gasteiger partial charge in [-0.3, -0.25) is 10.1 Å². The van der Waals surface area contributed by atoms with Gasteiger partial charge in [-0.15, -0.1) is 0 Å². The molecule has 8 nitrogen and oxygen atoms in total. The zero-order valence-electron chi connectivity index (χ0n) is 12.9. The van der Waals surface area contributed by atoms with Crippen LogP contribution in [0.5, 0.6) is 0 Å². The Bertz CT molecular complexity index is 541. The Morgan fingerprint density at radius 3 is 2.76 bits per heavy atom. The number of ether oxygens (including phenoxy) is 1. The summed E-state index contributed by atoms with van der Waals surface area (Å²) in [5, 5.41) is 25.0. The molecule has 1 aliphatic rings. The van der Waals surface area contributed by atoms with Crippen molar-refractivity contribution in [1.29, 1.82) is 0 Å². The van der Waals surface area contributed by atoms with Gasteiger partial charge in [0, 0.05) is 20.1 Å². The Balaban J connectivity index is 2.45. The largest absolute Gasteiger partial charge is 0.394 e. The molecule has 8 heteroatoms. The molecule has 1 atom stereocenters. The van der Waals surface area contributed by atoms with Crippen molar-refractivity contribution >= 4 is 11.5 Å². The zero-order chi connectivity index (χ0) is 15.8. The van der Waals surface area contributed by atoms with Gasteiger partial charge in [-0.05, 0) is 20.3 Å². The van der Waals surface area contributed by atoms with Gasteiger partial charge in [0.2, 0.25) is 5.82 Å². The summed E-state index contributed by atoms with van der Waals surface area (Å²) in [5.74, 6) is 0.478. The standard InChI is InChI=1S/C13H22N4O4/c1-5-10-11(17(19)20)12(15(4)14-10)16-6-9(7-18)21-13(2,3)8-16/h9,18H,5-8H2,1-4H3. The Hall–Kier alpha value is -1.67. The topological polar surface area (TPSA) is 93.7 Å². The van der Waals surface area contributed by atoms with Gasteiger partial charge in [-0.25, -0.2) is 4.68 Å². The number of nitro groups is 1. The third-order valence-electron chi connectivity index (χ3n) is 3.56. The van der Waals surface area contributed by atoms with E-state index in [4.69, 9.17) is 4.74 Å². The van der Waals surface area contributed by atoms with E-state index in [0.717, 1.165) is 0 Å². The summed E-state index contributed by atoms with van der Waals surface area (Å²) in [6, 6.07) is 0. The molecular formula is C13H22N4O4. The van der Waals surface area contributed by atoms with E-state index in [1.807, 2.05) is 25.7 Å². The number of nitrogens with zero attached hydrogens (tertiary/aromatic N) is 4. The van der Waals surface area contributed by atoms with Gasteiger partial charge >= 0.3 is 5.69 Å². The SMILES string of the molecule is CCc1nn(C)c(N2CC(CO)OC(C)(C)C2)c1[N+](=O)[O-]. The van der Waals surface area contributed by atoms with Crippen LogP contribution in [0.15, 0.2) is 0 Å². The van der Waals surface area contributed by atoms with Gasteiger partial charge < -0.3 is 14.7 Å². The first-order valence-electron chi connectivity index (χ1n) is 7.03. The molecule has 1 saturated heterocycles. The van der Waals surface area contributed by atoms with Crippen LogP contribution in [-0.4, -0.2) is 51.2 Å². The molecule has 1 unspecified atom stereocenters. The smallest absolute Gasteiger partial charge is 0.334 e. The molecule has 0 radical (unpaired) electrons. The van der Waals surface area contributed by atoms with Crippen LogP contribution in [-0.2, 0) is 18.2 Å². The fourth-order valence-electron chi connectivity index (χ4n) is 2.89. The van der Waals surface area contributed by atoms with Crippen molar-refractivity contribution < 1.29 is 14.8 Å². The molecular weight excluding hydrogens is 276 g/mol. The second-order valence-electron chi connectivity index (χ2n) is 5.92. The molecule has 1 fully saturated rings. The van der Waals surface area contributed by atoms with Crippen LogP contribution in [0.1, 0.15) is 26.5 Å². The normalized spacial score (nSPS) is 21.6. The lowest BCUT2D eigenvalue weighted by Crippen LogP contribution is -2.54. The maximum Gasteiger partial charge on any atom is 0.334 e. The van der Waals surface area contributed by atoms with Crippen molar-refractivity contribution in [2.24, 2.45) is 7.05 Å². The van der Waals surface area contributed by atoms with E-state index in [-0.39, 0.29) is 23.3 Å². The Morgan fingerprint density at radius 1 is 1.57 bits per heavy atom. The molecule has 0 amide bonds. The number of hydrogen-bond acceptors (Lipinski definition) is 6. The number of aryl methyl sites for hydroxylation is 2. The summed E-state index contributed by atoms with van der Waals surface area (Å²) in [6.07, 6.45) is 0.134. The van der Waals surface area contributed by atoms with Crippen LogP contribution in [0.2, 0.25) is 0 Å². The minimum atomic E-state index is -0.490. The quantitative estimate of drug-likeness (QED) is 0.654. The predicted molar refractivity (Wildman–Crippen MR) is 77.5 cm³/mol. The minimum absolute atomic E-state index is 0.0504. The van der Waals surface area contributed by atoms with Crippen molar-refractivity contribution in [2.75, 3.05) is 24.6 Å². The summed E-state index contributed by atoms with van der Waals surface area (Å²) in [5.41, 5.74) is 0.0348. The average molecular weight is 298 g/mol. The fraction of sp³-hybridized carbons (Fsp3) is 0.769. The number of aromatic nitrogens is 2. The molecule has 21 heavy (non-hydrogen) atoms. The highest BCUT2D eigenvalue weighted by Crippen LogP contribution is 2.35. The first kappa shape index (κ1) is 15.7. The number of aliphatic hydroxyl groups is 1. The number of aliphatic hydroxyl groups excluding tert-OH is 1. The maximum atomic E-state index is 11.4. The lowest BCUT2D eigenvalue weighted by Gasteiger charge is -2.42. The van der Waals surface area contributed by atoms with Crippen LogP contribution in [0.3, 0.4) is 0 Å². The van der Waals surface area contributed by atoms with Crippen LogP contribution >= 0.6 is 0 Å². The molecule has 2 rings (SSSR count). The zero-order valence-corrected chi connectivity index (χ0v) is 12.9. The van der Waals surface area contributed by atoms with Crippen LogP contribution in [0, 0.1) is 10.1 Å². The van der Waals surface area contributed by atoms with E-state index in [1.165, 1.54) is 0 Å². The third-order valence-corrected chi connectivity index (χ3v) is 3.56. The Labute approximate surface area is 123 Å². The average Bonchev–Trinajstić information content (AvgIpc) is 2.73. The lowest BCUT2D eigenvalue weighted by molar-refractivity contribution is -0.384. The first-order chi connectivity index (χ1) is 9.79. The van der Waals surface area contributed by atoms with Gasteiger partial charge in [0.25, 0.3) is 0 Å². The number of morpholine rings is 1. The predicted octanol–water partition coefficient (Wildman–Crippen LogP) is 0.867. The third kappa shape index (κ3) is 3.01. The number of rotatable bonds is 4. The molecule has 1 N–H and O–H groups in total. The molecule has 1 aromatic heterocycles. The van der Waals surface area contributed by atoms with Gasteiger partial charge in [0.15, 0.2) is 0 Å². The highest BCUT2D eigenvalue weighted by atomic mass is 16.6. The Kier molecular flexibility index (Phi) is 4.20. The second kappa shape index (κ2) is 5.61. The highest BCUT2D eigenvalue weighted by Gasteiger charge is 2.38. The molecule has 0 saturated carbocycles. The van der Waals surface area contributed by atoms with Gasteiger partial charge in [0.05, 0.1) is 23.2 Å². The first-order valence-corrected chi connectivity index (χ1v) is 7.03. The number of anilines is 1. The molecule has 0 aliphatic carbocycles. The minimum Gasteiger partial charge on any atom is -0.394 e. The number of hydrogen-bond donors (Lipinski definition) is 1. The molecule has 0 bridgehead atoms. The summed E-state index contributed by atoms with van der Waals surface area (Å²) in [4.78, 5) is 12.9. The second-order valence-corrected chi connectivity index (χ2v) is 5.92. The summed E-state index contributed by atoms with van der Waals surface area (Å²) in [7, 11) is 1.71. The molecule has 118 valence electrons. The lowest BCUT2D eigenvalue weighted by atomic mass is 10.1. The van der Waals surface area contributed by atoms with Crippen LogP contribution < -0.4 is 4.90 Å². The fourth-order valence-corrected chi connectivity index (χ4v) is 2.89. The molecule has 0 aromatic carbocycles.